The number of hydrogen-bond acceptors (Lipinski definition) is 15. The highest BCUT2D eigenvalue weighted by atomic mass is 31.2. The van der Waals surface area contributed by atoms with Crippen molar-refractivity contribution in [2.45, 2.75) is 414 Å². The molecule has 0 aliphatic rings. The van der Waals surface area contributed by atoms with Crippen molar-refractivity contribution in [2.75, 3.05) is 39.6 Å². The lowest BCUT2D eigenvalue weighted by Crippen LogP contribution is -2.30. The number of phosphoric acid groups is 2. The monoisotopic (exact) mass is 1410 g/mol. The highest BCUT2D eigenvalue weighted by molar-refractivity contribution is 7.47. The van der Waals surface area contributed by atoms with Crippen LogP contribution in [0.1, 0.15) is 395 Å². The fraction of sp³-hybridized carbons (Fsp3) is 0.948. The van der Waals surface area contributed by atoms with Crippen LogP contribution >= 0.6 is 15.6 Å². The predicted molar refractivity (Wildman–Crippen MR) is 391 cm³/mol. The molecule has 2 unspecified atom stereocenters. The first-order valence-corrected chi connectivity index (χ1v) is 42.8. The predicted octanol–water partition coefficient (Wildman–Crippen LogP) is 22.6. The zero-order valence-corrected chi connectivity index (χ0v) is 64.6. The number of hydrogen-bond donors (Lipinski definition) is 3. The van der Waals surface area contributed by atoms with Gasteiger partial charge in [-0.25, -0.2) is 9.13 Å². The summed E-state index contributed by atoms with van der Waals surface area (Å²) in [4.78, 5) is 72.8. The van der Waals surface area contributed by atoms with Crippen molar-refractivity contribution in [1.29, 1.82) is 0 Å². The number of ether oxygens (including phenoxy) is 4. The van der Waals surface area contributed by atoms with Crippen LogP contribution in [0.4, 0.5) is 0 Å². The quantitative estimate of drug-likeness (QED) is 0.0222. The lowest BCUT2D eigenvalue weighted by Gasteiger charge is -2.21. The Labute approximate surface area is 588 Å². The van der Waals surface area contributed by atoms with E-state index in [1.165, 1.54) is 199 Å². The van der Waals surface area contributed by atoms with Crippen LogP contribution in [0.5, 0.6) is 0 Å². The second-order valence-electron chi connectivity index (χ2n) is 29.2. The zero-order valence-electron chi connectivity index (χ0n) is 62.8. The summed E-state index contributed by atoms with van der Waals surface area (Å²) >= 11 is 0. The van der Waals surface area contributed by atoms with E-state index >= 15 is 0 Å². The third-order valence-corrected chi connectivity index (χ3v) is 19.8. The lowest BCUT2D eigenvalue weighted by atomic mass is 10.0. The summed E-state index contributed by atoms with van der Waals surface area (Å²) in [5.41, 5.74) is 0. The van der Waals surface area contributed by atoms with Crippen molar-refractivity contribution < 1.29 is 80.2 Å². The Balaban J connectivity index is 5.24. The van der Waals surface area contributed by atoms with Crippen LogP contribution in [0.3, 0.4) is 0 Å². The molecule has 0 heterocycles. The number of rotatable bonds is 75. The van der Waals surface area contributed by atoms with E-state index in [9.17, 15) is 43.2 Å². The van der Waals surface area contributed by atoms with E-state index < -0.39 is 97.5 Å². The maximum atomic E-state index is 13.1. The molecule has 0 aromatic heterocycles. The Morgan fingerprint density at radius 1 is 0.281 bits per heavy atom. The molecule has 0 radical (unpaired) electrons. The molecule has 3 N–H and O–H groups in total. The molecule has 0 aliphatic heterocycles. The molecule has 17 nitrogen and oxygen atoms in total. The number of phosphoric ester groups is 2. The summed E-state index contributed by atoms with van der Waals surface area (Å²) in [5, 5.41) is 10.6. The van der Waals surface area contributed by atoms with Crippen molar-refractivity contribution in [3.8, 4) is 0 Å². The van der Waals surface area contributed by atoms with Gasteiger partial charge in [0.1, 0.15) is 19.3 Å². The molecule has 570 valence electrons. The van der Waals surface area contributed by atoms with Crippen LogP contribution in [-0.2, 0) is 65.4 Å². The van der Waals surface area contributed by atoms with Gasteiger partial charge in [0.2, 0.25) is 0 Å². The first-order valence-electron chi connectivity index (χ1n) is 39.8. The maximum absolute atomic E-state index is 13.1. The fourth-order valence-corrected chi connectivity index (χ4v) is 13.4. The van der Waals surface area contributed by atoms with Crippen LogP contribution < -0.4 is 0 Å². The summed E-state index contributed by atoms with van der Waals surface area (Å²) < 4.78 is 68.5. The Bertz CT molecular complexity index is 1870. The van der Waals surface area contributed by atoms with Gasteiger partial charge in [-0.05, 0) is 43.4 Å². The standard InChI is InChI=1S/C77H150O17P2/c1-8-9-10-11-12-13-14-15-21-27-32-37-46-53-60-77(82)94-73(65-88-75(80)59-52-45-40-39-43-50-57-70(6)7)67-92-96(85,86)90-63-71(78)62-89-95(83,84)91-66-72(64-87-74(79)58-51-44-36-31-26-23-18-20-25-30-35-42-49-56-69(4)5)93-76(81)61-54-47-38-33-28-22-17-16-19-24-29-34-41-48-55-68(2)3/h68-73,78H,8-67H2,1-7H3,(H,83,84)(H,85,86)/t71-,72-,73-/m1/s1. The molecule has 96 heavy (non-hydrogen) atoms. The highest BCUT2D eigenvalue weighted by Crippen LogP contribution is 2.45. The van der Waals surface area contributed by atoms with E-state index in [0.717, 1.165) is 108 Å². The van der Waals surface area contributed by atoms with Crippen LogP contribution in [0.25, 0.3) is 0 Å². The number of carbonyl (C=O) groups is 4. The molecule has 5 atom stereocenters. The van der Waals surface area contributed by atoms with E-state index in [1.54, 1.807) is 0 Å². The first-order chi connectivity index (χ1) is 46.2. The number of carbonyl (C=O) groups excluding carboxylic acids is 4. The largest absolute Gasteiger partial charge is 0.472 e. The van der Waals surface area contributed by atoms with Crippen LogP contribution in [0.2, 0.25) is 0 Å². The molecular weight excluding hydrogens is 1260 g/mol. The van der Waals surface area contributed by atoms with Crippen LogP contribution in [0, 0.1) is 17.8 Å². The minimum Gasteiger partial charge on any atom is -0.462 e. The average molecular weight is 1410 g/mol. The van der Waals surface area contributed by atoms with Gasteiger partial charge in [-0.1, -0.05) is 344 Å². The Morgan fingerprint density at radius 3 is 0.708 bits per heavy atom. The maximum Gasteiger partial charge on any atom is 0.472 e. The summed E-state index contributed by atoms with van der Waals surface area (Å²) in [7, 11) is -9.91. The van der Waals surface area contributed by atoms with Crippen LogP contribution in [-0.4, -0.2) is 96.7 Å². The number of unbranched alkanes of at least 4 members (excludes halogenated alkanes) is 43. The van der Waals surface area contributed by atoms with Gasteiger partial charge < -0.3 is 33.8 Å². The van der Waals surface area contributed by atoms with E-state index in [4.69, 9.17) is 37.0 Å². The smallest absolute Gasteiger partial charge is 0.462 e. The summed E-state index contributed by atoms with van der Waals surface area (Å²) in [6, 6.07) is 0. The van der Waals surface area contributed by atoms with Gasteiger partial charge in [-0.2, -0.15) is 0 Å². The van der Waals surface area contributed by atoms with Crippen molar-refractivity contribution >= 4 is 39.5 Å². The second kappa shape index (κ2) is 67.5. The topological polar surface area (TPSA) is 237 Å². The van der Waals surface area contributed by atoms with E-state index in [2.05, 4.69) is 48.5 Å². The van der Waals surface area contributed by atoms with Gasteiger partial charge in [0.15, 0.2) is 12.2 Å². The van der Waals surface area contributed by atoms with Gasteiger partial charge in [0, 0.05) is 25.7 Å². The third-order valence-electron chi connectivity index (χ3n) is 17.9. The van der Waals surface area contributed by atoms with Gasteiger partial charge in [0.05, 0.1) is 26.4 Å². The second-order valence-corrected chi connectivity index (χ2v) is 32.1. The summed E-state index contributed by atoms with van der Waals surface area (Å²) in [6.45, 7) is 11.9. The Kier molecular flexibility index (Phi) is 66.2. The Hall–Kier alpha value is -1.94. The normalized spacial score (nSPS) is 14.1. The average Bonchev–Trinajstić information content (AvgIpc) is 1.12. The number of esters is 4. The van der Waals surface area contributed by atoms with Crippen molar-refractivity contribution in [3.05, 3.63) is 0 Å². The molecular formula is C77H150O17P2. The van der Waals surface area contributed by atoms with Gasteiger partial charge in [-0.15, -0.1) is 0 Å². The molecule has 0 fully saturated rings. The highest BCUT2D eigenvalue weighted by Gasteiger charge is 2.30. The third kappa shape index (κ3) is 70.5. The molecule has 0 rings (SSSR count). The first kappa shape index (κ1) is 94.1. The SMILES string of the molecule is CCCCCCCCCCCCCCCCC(=O)O[C@H](COC(=O)CCCCCCCCC(C)C)COP(=O)(O)OC[C@H](O)COP(=O)(O)OC[C@@H](COC(=O)CCCCCCCCCCCCCCCC(C)C)OC(=O)CCCCCCCCCCCCCCCCC(C)C. The molecule has 0 bridgehead atoms. The molecule has 0 aromatic rings. The Morgan fingerprint density at radius 2 is 0.479 bits per heavy atom. The van der Waals surface area contributed by atoms with Gasteiger partial charge in [0.25, 0.3) is 0 Å². The van der Waals surface area contributed by atoms with Gasteiger partial charge >= 0.3 is 39.5 Å². The van der Waals surface area contributed by atoms with E-state index in [1.807, 2.05) is 0 Å². The molecule has 0 aliphatic carbocycles. The lowest BCUT2D eigenvalue weighted by molar-refractivity contribution is -0.161. The minimum atomic E-state index is -4.96. The molecule has 0 saturated carbocycles. The van der Waals surface area contributed by atoms with Crippen molar-refractivity contribution in [1.82, 2.24) is 0 Å². The minimum absolute atomic E-state index is 0.107. The molecule has 0 aromatic carbocycles. The molecule has 0 amide bonds. The zero-order chi connectivity index (χ0) is 70.9. The summed E-state index contributed by atoms with van der Waals surface area (Å²) in [6.07, 6.45) is 54.2. The molecule has 19 heteroatoms. The number of aliphatic hydroxyl groups is 1. The van der Waals surface area contributed by atoms with Crippen molar-refractivity contribution in [2.24, 2.45) is 17.8 Å². The van der Waals surface area contributed by atoms with Crippen LogP contribution in [0.15, 0.2) is 0 Å². The molecule has 0 spiro atoms. The van der Waals surface area contributed by atoms with E-state index in [-0.39, 0.29) is 25.7 Å². The fourth-order valence-electron chi connectivity index (χ4n) is 11.8. The molecule has 0 saturated heterocycles. The number of aliphatic hydroxyl groups excluding tert-OH is 1. The van der Waals surface area contributed by atoms with Crippen molar-refractivity contribution in [3.63, 3.8) is 0 Å². The summed E-state index contributed by atoms with van der Waals surface area (Å²) in [5.74, 6) is 0.149. The van der Waals surface area contributed by atoms with Gasteiger partial charge in [-0.3, -0.25) is 37.3 Å². The van der Waals surface area contributed by atoms with E-state index in [0.29, 0.717) is 31.6 Å².